The quantitative estimate of drug-likeness (QED) is 0.771. The molecule has 2 unspecified atom stereocenters. The van der Waals surface area contributed by atoms with Gasteiger partial charge < -0.3 is 15.5 Å². The largest absolute Gasteiger partial charge is 0.355 e. The van der Waals surface area contributed by atoms with Gasteiger partial charge in [-0.25, -0.2) is 8.78 Å². The van der Waals surface area contributed by atoms with E-state index in [0.29, 0.717) is 18.7 Å². The molecule has 2 aliphatic heterocycles. The van der Waals surface area contributed by atoms with Crippen molar-refractivity contribution in [2.75, 3.05) is 26.2 Å². The summed E-state index contributed by atoms with van der Waals surface area (Å²) in [4.78, 5) is 27.4. The summed E-state index contributed by atoms with van der Waals surface area (Å²) in [5.74, 6) is -0.756. The molecule has 164 valence electrons. The number of carbonyl (C=O) groups is 2. The van der Waals surface area contributed by atoms with Gasteiger partial charge in [-0.1, -0.05) is 12.1 Å². The lowest BCUT2D eigenvalue weighted by Gasteiger charge is -2.41. The summed E-state index contributed by atoms with van der Waals surface area (Å²) in [6.07, 6.45) is 1.44. The summed E-state index contributed by atoms with van der Waals surface area (Å²) >= 11 is 0. The average Bonchev–Trinajstić information content (AvgIpc) is 3.06. The van der Waals surface area contributed by atoms with Crippen molar-refractivity contribution < 1.29 is 18.4 Å². The molecule has 2 fully saturated rings. The first-order chi connectivity index (χ1) is 14.9. The number of nitrogens with zero attached hydrogens (tertiary/aromatic N) is 1. The van der Waals surface area contributed by atoms with Crippen molar-refractivity contribution in [1.29, 1.82) is 0 Å². The first kappa shape index (κ1) is 21.4. The van der Waals surface area contributed by atoms with Gasteiger partial charge in [0.2, 0.25) is 5.91 Å². The van der Waals surface area contributed by atoms with Crippen LogP contribution in [0.5, 0.6) is 0 Å². The van der Waals surface area contributed by atoms with E-state index in [-0.39, 0.29) is 35.4 Å². The minimum absolute atomic E-state index is 0.0401. The third-order valence-corrected chi connectivity index (χ3v) is 6.62. The number of benzene rings is 2. The molecule has 2 atom stereocenters. The molecule has 0 bridgehead atoms. The number of halogens is 2. The van der Waals surface area contributed by atoms with E-state index in [0.717, 1.165) is 31.5 Å². The molecule has 2 aromatic carbocycles. The van der Waals surface area contributed by atoms with Gasteiger partial charge in [-0.3, -0.25) is 9.59 Å². The van der Waals surface area contributed by atoms with Gasteiger partial charge in [0.1, 0.15) is 11.6 Å². The normalized spacial score (nSPS) is 21.6. The molecular formula is C24H27F2N3O2. The lowest BCUT2D eigenvalue weighted by Crippen LogP contribution is -2.49. The molecule has 2 aromatic rings. The maximum absolute atomic E-state index is 13.3. The highest BCUT2D eigenvalue weighted by Crippen LogP contribution is 2.47. The van der Waals surface area contributed by atoms with E-state index in [9.17, 15) is 18.4 Å². The minimum atomic E-state index is -0.463. The van der Waals surface area contributed by atoms with Gasteiger partial charge in [-0.15, -0.1) is 0 Å². The van der Waals surface area contributed by atoms with E-state index in [1.54, 1.807) is 12.1 Å². The van der Waals surface area contributed by atoms with Crippen LogP contribution < -0.4 is 10.6 Å². The predicted molar refractivity (Wildman–Crippen MR) is 114 cm³/mol. The average molecular weight is 427 g/mol. The van der Waals surface area contributed by atoms with Crippen LogP contribution in [-0.4, -0.2) is 48.9 Å². The van der Waals surface area contributed by atoms with Crippen LogP contribution in [-0.2, 0) is 4.79 Å². The van der Waals surface area contributed by atoms with Crippen LogP contribution in [0.4, 0.5) is 8.78 Å². The van der Waals surface area contributed by atoms with Gasteiger partial charge in [0, 0.05) is 30.6 Å². The summed E-state index contributed by atoms with van der Waals surface area (Å²) in [7, 11) is 0. The zero-order chi connectivity index (χ0) is 22.0. The van der Waals surface area contributed by atoms with Crippen LogP contribution in [0.1, 0.15) is 41.6 Å². The number of piperidine rings is 1. The third-order valence-electron chi connectivity index (χ3n) is 6.62. The number of hydrogen-bond acceptors (Lipinski definition) is 3. The van der Waals surface area contributed by atoms with E-state index < -0.39 is 5.41 Å². The fourth-order valence-electron chi connectivity index (χ4n) is 4.91. The van der Waals surface area contributed by atoms with Crippen molar-refractivity contribution in [2.45, 2.75) is 31.7 Å². The SMILES string of the molecule is CC(CN1CCC2(CC1)C(=O)NCC2c1ccc(F)cc1)NC(=O)c1ccc(F)cc1. The number of rotatable bonds is 5. The maximum Gasteiger partial charge on any atom is 0.251 e. The zero-order valence-corrected chi connectivity index (χ0v) is 17.5. The summed E-state index contributed by atoms with van der Waals surface area (Å²) in [5.41, 5.74) is 0.957. The van der Waals surface area contributed by atoms with Crippen LogP contribution in [0.3, 0.4) is 0 Å². The standard InChI is InChI=1S/C24H27F2N3O2/c1-16(28-22(30)18-4-8-20(26)9-5-18)15-29-12-10-24(11-13-29)21(14-27-23(24)31)17-2-6-19(25)7-3-17/h2-9,16,21H,10-15H2,1H3,(H,27,31)(H,28,30). The zero-order valence-electron chi connectivity index (χ0n) is 17.5. The lowest BCUT2D eigenvalue weighted by molar-refractivity contribution is -0.130. The molecule has 2 heterocycles. The van der Waals surface area contributed by atoms with Crippen molar-refractivity contribution >= 4 is 11.8 Å². The predicted octanol–water partition coefficient (Wildman–Crippen LogP) is 3.08. The van der Waals surface area contributed by atoms with Crippen LogP contribution in [0.25, 0.3) is 0 Å². The molecular weight excluding hydrogens is 400 g/mol. The monoisotopic (exact) mass is 427 g/mol. The third kappa shape index (κ3) is 4.46. The lowest BCUT2D eigenvalue weighted by atomic mass is 9.68. The molecule has 2 aliphatic rings. The fourth-order valence-corrected chi connectivity index (χ4v) is 4.91. The Hall–Kier alpha value is -2.80. The number of nitrogens with one attached hydrogen (secondary N) is 2. The Balaban J connectivity index is 1.35. The molecule has 0 aromatic heterocycles. The maximum atomic E-state index is 13.3. The van der Waals surface area contributed by atoms with Gasteiger partial charge in [-0.05, 0) is 74.8 Å². The minimum Gasteiger partial charge on any atom is -0.355 e. The second-order valence-electron chi connectivity index (χ2n) is 8.65. The van der Waals surface area contributed by atoms with Crippen molar-refractivity contribution in [3.8, 4) is 0 Å². The van der Waals surface area contributed by atoms with E-state index >= 15 is 0 Å². The van der Waals surface area contributed by atoms with E-state index in [1.165, 1.54) is 36.4 Å². The second kappa shape index (κ2) is 8.75. The Kier molecular flexibility index (Phi) is 6.05. The topological polar surface area (TPSA) is 61.4 Å². The summed E-state index contributed by atoms with van der Waals surface area (Å²) in [6, 6.07) is 11.9. The van der Waals surface area contributed by atoms with Crippen molar-refractivity contribution in [2.24, 2.45) is 5.41 Å². The molecule has 0 radical (unpaired) electrons. The fraction of sp³-hybridized carbons (Fsp3) is 0.417. The van der Waals surface area contributed by atoms with Gasteiger partial charge in [0.15, 0.2) is 0 Å². The highest BCUT2D eigenvalue weighted by molar-refractivity contribution is 5.94. The summed E-state index contributed by atoms with van der Waals surface area (Å²) in [6.45, 7) is 4.69. The first-order valence-electron chi connectivity index (χ1n) is 10.7. The molecule has 1 spiro atoms. The second-order valence-corrected chi connectivity index (χ2v) is 8.65. The summed E-state index contributed by atoms with van der Waals surface area (Å²) < 4.78 is 26.4. The van der Waals surface area contributed by atoms with Crippen LogP contribution in [0.2, 0.25) is 0 Å². The smallest absolute Gasteiger partial charge is 0.251 e. The number of carbonyl (C=O) groups excluding carboxylic acids is 2. The molecule has 5 nitrogen and oxygen atoms in total. The number of likely N-dealkylation sites (tertiary alicyclic amines) is 1. The highest BCUT2D eigenvalue weighted by atomic mass is 19.1. The van der Waals surface area contributed by atoms with Gasteiger partial charge in [0.25, 0.3) is 5.91 Å². The number of hydrogen-bond donors (Lipinski definition) is 2. The molecule has 7 heteroatoms. The molecule has 2 amide bonds. The van der Waals surface area contributed by atoms with E-state index in [1.807, 2.05) is 6.92 Å². The van der Waals surface area contributed by atoms with Gasteiger partial charge in [-0.2, -0.15) is 0 Å². The Morgan fingerprint density at radius 3 is 2.29 bits per heavy atom. The Morgan fingerprint density at radius 1 is 1.10 bits per heavy atom. The van der Waals surface area contributed by atoms with Crippen LogP contribution in [0.15, 0.2) is 48.5 Å². The molecule has 2 N–H and O–H groups in total. The van der Waals surface area contributed by atoms with Crippen molar-refractivity contribution in [1.82, 2.24) is 15.5 Å². The first-order valence-corrected chi connectivity index (χ1v) is 10.7. The molecule has 4 rings (SSSR count). The van der Waals surface area contributed by atoms with Gasteiger partial charge >= 0.3 is 0 Å². The van der Waals surface area contributed by atoms with Crippen molar-refractivity contribution in [3.05, 3.63) is 71.3 Å². The Morgan fingerprint density at radius 2 is 1.68 bits per heavy atom. The van der Waals surface area contributed by atoms with Crippen LogP contribution in [0, 0.1) is 17.0 Å². The van der Waals surface area contributed by atoms with E-state index in [4.69, 9.17) is 0 Å². The van der Waals surface area contributed by atoms with Crippen molar-refractivity contribution in [3.63, 3.8) is 0 Å². The molecule has 31 heavy (non-hydrogen) atoms. The molecule has 0 saturated carbocycles. The van der Waals surface area contributed by atoms with Gasteiger partial charge in [0.05, 0.1) is 5.41 Å². The summed E-state index contributed by atoms with van der Waals surface area (Å²) in [5, 5.41) is 5.97. The molecule has 0 aliphatic carbocycles. The molecule has 2 saturated heterocycles. The highest BCUT2D eigenvalue weighted by Gasteiger charge is 2.51. The van der Waals surface area contributed by atoms with E-state index in [2.05, 4.69) is 15.5 Å². The Labute approximate surface area is 180 Å². The Bertz CT molecular complexity index is 938. The van der Waals surface area contributed by atoms with Crippen LogP contribution >= 0.6 is 0 Å². The number of amides is 2.